The Bertz CT molecular complexity index is 1000. The molecule has 0 bridgehead atoms. The van der Waals surface area contributed by atoms with Crippen LogP contribution in [0.2, 0.25) is 0 Å². The van der Waals surface area contributed by atoms with Gasteiger partial charge in [0.1, 0.15) is 5.75 Å². The van der Waals surface area contributed by atoms with Crippen molar-refractivity contribution in [1.82, 2.24) is 10.3 Å². The quantitative estimate of drug-likeness (QED) is 0.643. The summed E-state index contributed by atoms with van der Waals surface area (Å²) in [6.07, 6.45) is 3.81. The molecule has 0 fully saturated rings. The van der Waals surface area contributed by atoms with E-state index in [1.54, 1.807) is 7.11 Å². The number of nitrogens with zero attached hydrogens (tertiary/aromatic N) is 1. The highest BCUT2D eigenvalue weighted by Gasteiger charge is 2.12. The first kappa shape index (κ1) is 20.1. The number of aryl methyl sites for hydroxylation is 1. The van der Waals surface area contributed by atoms with Crippen molar-refractivity contribution in [2.24, 2.45) is 0 Å². The molecule has 1 heterocycles. The third kappa shape index (κ3) is 5.19. The molecule has 29 heavy (non-hydrogen) atoms. The summed E-state index contributed by atoms with van der Waals surface area (Å²) in [5.74, 6) is 0.0691. The van der Waals surface area contributed by atoms with Crippen LogP contribution in [-0.2, 0) is 13.0 Å². The predicted molar refractivity (Wildman–Crippen MR) is 112 cm³/mol. The van der Waals surface area contributed by atoms with E-state index in [2.05, 4.69) is 22.5 Å². The molecule has 6 nitrogen and oxygen atoms in total. The fourth-order valence-corrected chi connectivity index (χ4v) is 2.84. The third-order valence-electron chi connectivity index (χ3n) is 4.51. The highest BCUT2D eigenvalue weighted by Crippen LogP contribution is 2.17. The van der Waals surface area contributed by atoms with Crippen molar-refractivity contribution in [2.75, 3.05) is 12.4 Å². The van der Waals surface area contributed by atoms with Crippen LogP contribution in [0, 0.1) is 0 Å². The van der Waals surface area contributed by atoms with Crippen LogP contribution in [-0.4, -0.2) is 23.9 Å². The number of rotatable bonds is 7. The number of methoxy groups -OCH3 is 1. The molecule has 0 spiro atoms. The monoisotopic (exact) mass is 389 g/mol. The van der Waals surface area contributed by atoms with Crippen molar-refractivity contribution in [3.05, 3.63) is 89.2 Å². The number of hydrogen-bond acceptors (Lipinski definition) is 4. The molecule has 0 aliphatic rings. The van der Waals surface area contributed by atoms with E-state index in [1.165, 1.54) is 24.0 Å². The van der Waals surface area contributed by atoms with Gasteiger partial charge in [0.25, 0.3) is 11.8 Å². The Morgan fingerprint density at radius 1 is 0.966 bits per heavy atom. The van der Waals surface area contributed by atoms with E-state index in [0.29, 0.717) is 29.1 Å². The first-order valence-electron chi connectivity index (χ1n) is 9.36. The molecule has 3 aromatic rings. The van der Waals surface area contributed by atoms with Crippen LogP contribution < -0.4 is 15.4 Å². The third-order valence-corrected chi connectivity index (χ3v) is 4.51. The molecule has 0 radical (unpaired) electrons. The number of anilines is 1. The van der Waals surface area contributed by atoms with Gasteiger partial charge in [-0.15, -0.1) is 0 Å². The average molecular weight is 389 g/mol. The lowest BCUT2D eigenvalue weighted by Crippen LogP contribution is -2.24. The molecule has 0 saturated carbocycles. The van der Waals surface area contributed by atoms with Crippen LogP contribution >= 0.6 is 0 Å². The number of benzene rings is 2. The second-order valence-corrected chi connectivity index (χ2v) is 6.46. The number of hydrogen-bond donors (Lipinski definition) is 2. The highest BCUT2D eigenvalue weighted by atomic mass is 16.5. The topological polar surface area (TPSA) is 80.3 Å². The minimum absolute atomic E-state index is 0.309. The summed E-state index contributed by atoms with van der Waals surface area (Å²) in [4.78, 5) is 29.0. The summed E-state index contributed by atoms with van der Waals surface area (Å²) in [7, 11) is 1.59. The Morgan fingerprint density at radius 2 is 1.66 bits per heavy atom. The number of aromatic nitrogens is 1. The minimum Gasteiger partial charge on any atom is -0.496 e. The van der Waals surface area contributed by atoms with Gasteiger partial charge in [-0.05, 0) is 36.2 Å². The summed E-state index contributed by atoms with van der Waals surface area (Å²) < 4.78 is 5.29. The first-order valence-corrected chi connectivity index (χ1v) is 9.36. The van der Waals surface area contributed by atoms with Gasteiger partial charge in [-0.1, -0.05) is 37.3 Å². The maximum absolute atomic E-state index is 12.5. The van der Waals surface area contributed by atoms with Crippen molar-refractivity contribution in [3.63, 3.8) is 0 Å². The number of carbonyl (C=O) groups excluding carboxylic acids is 2. The summed E-state index contributed by atoms with van der Waals surface area (Å²) >= 11 is 0. The van der Waals surface area contributed by atoms with Crippen LogP contribution in [0.5, 0.6) is 5.75 Å². The zero-order valence-corrected chi connectivity index (χ0v) is 16.4. The molecule has 0 aliphatic carbocycles. The normalized spacial score (nSPS) is 10.3. The maximum atomic E-state index is 12.5. The van der Waals surface area contributed by atoms with Gasteiger partial charge in [-0.2, -0.15) is 0 Å². The van der Waals surface area contributed by atoms with Crippen molar-refractivity contribution in [1.29, 1.82) is 0 Å². The summed E-state index contributed by atoms with van der Waals surface area (Å²) in [5, 5.41) is 5.65. The molecule has 2 aromatic carbocycles. The van der Waals surface area contributed by atoms with Gasteiger partial charge in [0.15, 0.2) is 0 Å². The van der Waals surface area contributed by atoms with Gasteiger partial charge in [-0.25, -0.2) is 0 Å². The summed E-state index contributed by atoms with van der Waals surface area (Å²) in [6.45, 7) is 2.38. The van der Waals surface area contributed by atoms with Gasteiger partial charge >= 0.3 is 0 Å². The van der Waals surface area contributed by atoms with Crippen LogP contribution in [0.4, 0.5) is 5.69 Å². The van der Waals surface area contributed by atoms with Crippen LogP contribution in [0.1, 0.15) is 38.8 Å². The molecule has 0 saturated heterocycles. The van der Waals surface area contributed by atoms with Gasteiger partial charge in [-0.3, -0.25) is 14.6 Å². The van der Waals surface area contributed by atoms with E-state index in [9.17, 15) is 9.59 Å². The average Bonchev–Trinajstić information content (AvgIpc) is 2.78. The van der Waals surface area contributed by atoms with Crippen molar-refractivity contribution < 1.29 is 14.3 Å². The predicted octanol–water partition coefficient (Wildman–Crippen LogP) is 3.83. The number of ether oxygens (including phenoxy) is 1. The molecule has 3 rings (SSSR count). The number of amides is 2. The second-order valence-electron chi connectivity index (χ2n) is 6.46. The Morgan fingerprint density at radius 3 is 2.34 bits per heavy atom. The van der Waals surface area contributed by atoms with Gasteiger partial charge in [0, 0.05) is 30.2 Å². The minimum atomic E-state index is -0.318. The molecule has 148 valence electrons. The van der Waals surface area contributed by atoms with Crippen molar-refractivity contribution in [2.45, 2.75) is 19.9 Å². The standard InChI is InChI=1S/C23H23N3O3/c1-3-16-8-10-20(11-9-16)26-23(28)19-12-18(13-24-14-19)22(27)25-15-17-6-4-5-7-21(17)29-2/h4-14H,3,15H2,1-2H3,(H,25,27)(H,26,28). The van der Waals surface area contributed by atoms with E-state index < -0.39 is 0 Å². The van der Waals surface area contributed by atoms with Gasteiger partial charge < -0.3 is 15.4 Å². The molecule has 0 atom stereocenters. The molecular formula is C23H23N3O3. The Kier molecular flexibility index (Phi) is 6.58. The van der Waals surface area contributed by atoms with E-state index in [1.807, 2.05) is 48.5 Å². The zero-order chi connectivity index (χ0) is 20.6. The summed E-state index contributed by atoms with van der Waals surface area (Å²) in [6, 6.07) is 16.6. The highest BCUT2D eigenvalue weighted by molar-refractivity contribution is 6.05. The lowest BCUT2D eigenvalue weighted by molar-refractivity contribution is 0.0950. The molecule has 0 aliphatic heterocycles. The Hall–Kier alpha value is -3.67. The second kappa shape index (κ2) is 9.50. The smallest absolute Gasteiger partial charge is 0.257 e. The zero-order valence-electron chi connectivity index (χ0n) is 16.4. The largest absolute Gasteiger partial charge is 0.496 e. The summed E-state index contributed by atoms with van der Waals surface area (Å²) in [5.41, 5.74) is 3.38. The van der Waals surface area contributed by atoms with Crippen molar-refractivity contribution in [3.8, 4) is 5.75 Å². The molecule has 0 unspecified atom stereocenters. The maximum Gasteiger partial charge on any atom is 0.257 e. The number of pyridine rings is 1. The number of para-hydroxylation sites is 1. The van der Waals surface area contributed by atoms with Crippen LogP contribution in [0.25, 0.3) is 0 Å². The van der Waals surface area contributed by atoms with E-state index in [4.69, 9.17) is 4.74 Å². The van der Waals surface area contributed by atoms with Crippen LogP contribution in [0.3, 0.4) is 0 Å². The fourth-order valence-electron chi connectivity index (χ4n) is 2.84. The van der Waals surface area contributed by atoms with E-state index >= 15 is 0 Å². The molecule has 2 amide bonds. The van der Waals surface area contributed by atoms with E-state index in [0.717, 1.165) is 12.0 Å². The first-order chi connectivity index (χ1) is 14.1. The number of carbonyl (C=O) groups is 2. The van der Waals surface area contributed by atoms with Crippen molar-refractivity contribution >= 4 is 17.5 Å². The molecular weight excluding hydrogens is 366 g/mol. The molecule has 6 heteroatoms. The van der Waals surface area contributed by atoms with E-state index in [-0.39, 0.29) is 11.8 Å². The van der Waals surface area contributed by atoms with Gasteiger partial charge in [0.05, 0.1) is 18.2 Å². The lowest BCUT2D eigenvalue weighted by atomic mass is 10.1. The molecule has 2 N–H and O–H groups in total. The fraction of sp³-hybridized carbons (Fsp3) is 0.174. The lowest BCUT2D eigenvalue weighted by Gasteiger charge is -2.10. The Balaban J connectivity index is 1.66. The Labute approximate surface area is 169 Å². The van der Waals surface area contributed by atoms with Crippen LogP contribution in [0.15, 0.2) is 67.0 Å². The van der Waals surface area contributed by atoms with Gasteiger partial charge in [0.2, 0.25) is 0 Å². The SMILES string of the molecule is CCc1ccc(NC(=O)c2cncc(C(=O)NCc3ccccc3OC)c2)cc1. The molecule has 1 aromatic heterocycles. The number of nitrogens with one attached hydrogen (secondary N) is 2.